The Bertz CT molecular complexity index is 786. The van der Waals surface area contributed by atoms with Crippen LogP contribution >= 0.6 is 0 Å². The number of carbonyl (C=O) groups is 1. The summed E-state index contributed by atoms with van der Waals surface area (Å²) < 4.78 is 12.9. The smallest absolute Gasteiger partial charge is 0.231 e. The molecule has 2 aromatic rings. The molecule has 1 aromatic carbocycles. The number of fused-ring (bicyclic) bond motifs is 1. The first-order chi connectivity index (χ1) is 12.7. The van der Waals surface area contributed by atoms with Crippen molar-refractivity contribution in [2.24, 2.45) is 0 Å². The Kier molecular flexibility index (Phi) is 4.82. The first kappa shape index (κ1) is 16.9. The Morgan fingerprint density at radius 1 is 1.27 bits per heavy atom. The molecule has 3 heterocycles. The number of benzene rings is 1. The van der Waals surface area contributed by atoms with Crippen molar-refractivity contribution in [3.05, 3.63) is 42.0 Å². The molecule has 2 aliphatic rings. The molecule has 0 spiro atoms. The first-order valence-corrected chi connectivity index (χ1v) is 9.36. The molecule has 1 fully saturated rings. The second-order valence-corrected chi connectivity index (χ2v) is 7.06. The van der Waals surface area contributed by atoms with Crippen molar-refractivity contribution in [2.75, 3.05) is 13.3 Å². The van der Waals surface area contributed by atoms with Crippen LogP contribution < -0.4 is 9.47 Å². The van der Waals surface area contributed by atoms with Gasteiger partial charge in [-0.2, -0.15) is 0 Å². The third kappa shape index (κ3) is 3.54. The molecule has 1 saturated heterocycles. The molecule has 1 unspecified atom stereocenters. The van der Waals surface area contributed by atoms with Gasteiger partial charge in [-0.05, 0) is 50.3 Å². The fourth-order valence-corrected chi connectivity index (χ4v) is 3.88. The van der Waals surface area contributed by atoms with Crippen molar-refractivity contribution >= 4 is 5.91 Å². The minimum Gasteiger partial charge on any atom is -0.454 e. The molecule has 6 nitrogen and oxygen atoms in total. The molecule has 1 atom stereocenters. The molecule has 1 amide bonds. The number of aromatic nitrogens is 2. The van der Waals surface area contributed by atoms with Gasteiger partial charge in [0.05, 0.1) is 6.42 Å². The van der Waals surface area contributed by atoms with Crippen LogP contribution in [0.1, 0.15) is 37.1 Å². The zero-order valence-electron chi connectivity index (χ0n) is 15.2. The predicted octanol–water partition coefficient (Wildman–Crippen LogP) is 2.93. The van der Waals surface area contributed by atoms with E-state index in [2.05, 4.69) is 14.5 Å². The predicted molar refractivity (Wildman–Crippen MR) is 97.2 cm³/mol. The van der Waals surface area contributed by atoms with E-state index in [1.807, 2.05) is 37.5 Å². The van der Waals surface area contributed by atoms with Crippen LogP contribution in [0, 0.1) is 6.92 Å². The standard InChI is InChI=1S/C20H25N3O3/c1-15-21-8-11-22(15)10-7-17-4-2-3-9-23(17)20(24)13-16-5-6-18-19(12-16)26-14-25-18/h5-6,8,11-12,17H,2-4,7,9-10,13-14H2,1H3. The highest BCUT2D eigenvalue weighted by Crippen LogP contribution is 2.33. The van der Waals surface area contributed by atoms with E-state index >= 15 is 0 Å². The van der Waals surface area contributed by atoms with Gasteiger partial charge in [0.15, 0.2) is 11.5 Å². The van der Waals surface area contributed by atoms with Gasteiger partial charge in [0.25, 0.3) is 0 Å². The van der Waals surface area contributed by atoms with E-state index < -0.39 is 0 Å². The van der Waals surface area contributed by atoms with Crippen molar-refractivity contribution < 1.29 is 14.3 Å². The second kappa shape index (κ2) is 7.40. The molecule has 0 bridgehead atoms. The summed E-state index contributed by atoms with van der Waals surface area (Å²) in [5, 5.41) is 0. The third-order valence-corrected chi connectivity index (χ3v) is 5.37. The van der Waals surface area contributed by atoms with Crippen LogP contribution in [0.5, 0.6) is 11.5 Å². The lowest BCUT2D eigenvalue weighted by Gasteiger charge is -2.36. The average molecular weight is 355 g/mol. The maximum absolute atomic E-state index is 12.9. The lowest BCUT2D eigenvalue weighted by molar-refractivity contribution is -0.134. The summed E-state index contributed by atoms with van der Waals surface area (Å²) in [6.45, 7) is 4.04. The Balaban J connectivity index is 1.40. The maximum Gasteiger partial charge on any atom is 0.231 e. The lowest BCUT2D eigenvalue weighted by atomic mass is 9.98. The van der Waals surface area contributed by atoms with Gasteiger partial charge in [0.2, 0.25) is 12.7 Å². The van der Waals surface area contributed by atoms with E-state index in [1.54, 1.807) is 0 Å². The summed E-state index contributed by atoms with van der Waals surface area (Å²) in [5.74, 6) is 2.73. The third-order valence-electron chi connectivity index (χ3n) is 5.37. The van der Waals surface area contributed by atoms with Gasteiger partial charge in [-0.25, -0.2) is 4.98 Å². The normalized spacial score (nSPS) is 19.0. The van der Waals surface area contributed by atoms with Crippen LogP contribution in [0.3, 0.4) is 0 Å². The lowest BCUT2D eigenvalue weighted by Crippen LogP contribution is -2.44. The molecule has 0 N–H and O–H groups in total. The van der Waals surface area contributed by atoms with Crippen molar-refractivity contribution in [3.63, 3.8) is 0 Å². The monoisotopic (exact) mass is 355 g/mol. The fourth-order valence-electron chi connectivity index (χ4n) is 3.88. The molecule has 1 aromatic heterocycles. The van der Waals surface area contributed by atoms with Crippen LogP contribution in [0.25, 0.3) is 0 Å². The summed E-state index contributed by atoms with van der Waals surface area (Å²) in [7, 11) is 0. The summed E-state index contributed by atoms with van der Waals surface area (Å²) in [5.41, 5.74) is 0.981. The minimum atomic E-state index is 0.205. The number of ether oxygens (including phenoxy) is 2. The van der Waals surface area contributed by atoms with Gasteiger partial charge in [-0.1, -0.05) is 6.07 Å². The van der Waals surface area contributed by atoms with Crippen LogP contribution in [-0.4, -0.2) is 39.7 Å². The fraction of sp³-hybridized carbons (Fsp3) is 0.500. The average Bonchev–Trinajstić information content (AvgIpc) is 3.28. The second-order valence-electron chi connectivity index (χ2n) is 7.06. The van der Waals surface area contributed by atoms with E-state index in [4.69, 9.17) is 9.47 Å². The van der Waals surface area contributed by atoms with Crippen LogP contribution in [0.15, 0.2) is 30.6 Å². The minimum absolute atomic E-state index is 0.205. The molecule has 138 valence electrons. The largest absolute Gasteiger partial charge is 0.454 e. The highest BCUT2D eigenvalue weighted by molar-refractivity contribution is 5.79. The van der Waals surface area contributed by atoms with Gasteiger partial charge in [-0.15, -0.1) is 0 Å². The summed E-state index contributed by atoms with van der Waals surface area (Å²) in [6, 6.07) is 6.08. The van der Waals surface area contributed by atoms with E-state index in [0.717, 1.165) is 55.2 Å². The maximum atomic E-state index is 12.9. The molecular weight excluding hydrogens is 330 g/mol. The van der Waals surface area contributed by atoms with Crippen LogP contribution in [-0.2, 0) is 17.8 Å². The molecule has 6 heteroatoms. The molecule has 0 aliphatic carbocycles. The first-order valence-electron chi connectivity index (χ1n) is 9.36. The number of aryl methyl sites for hydroxylation is 2. The molecule has 26 heavy (non-hydrogen) atoms. The number of hydrogen-bond donors (Lipinski definition) is 0. The van der Waals surface area contributed by atoms with E-state index in [1.165, 1.54) is 6.42 Å². The number of imidazole rings is 1. The number of carbonyl (C=O) groups excluding carboxylic acids is 1. The zero-order chi connectivity index (χ0) is 17.9. The van der Waals surface area contributed by atoms with Crippen molar-refractivity contribution in [1.82, 2.24) is 14.5 Å². The number of nitrogens with zero attached hydrogens (tertiary/aromatic N) is 3. The van der Waals surface area contributed by atoms with E-state index in [9.17, 15) is 4.79 Å². The molecule has 4 rings (SSSR count). The Morgan fingerprint density at radius 3 is 3.00 bits per heavy atom. The van der Waals surface area contributed by atoms with E-state index in [-0.39, 0.29) is 12.7 Å². The van der Waals surface area contributed by atoms with Gasteiger partial charge in [0, 0.05) is 31.5 Å². The number of hydrogen-bond acceptors (Lipinski definition) is 4. The SMILES string of the molecule is Cc1nccn1CCC1CCCCN1C(=O)Cc1ccc2c(c1)OCO2. The van der Waals surface area contributed by atoms with E-state index in [0.29, 0.717) is 12.5 Å². The van der Waals surface area contributed by atoms with Crippen molar-refractivity contribution in [1.29, 1.82) is 0 Å². The number of piperidine rings is 1. The van der Waals surface area contributed by atoms with Crippen LogP contribution in [0.4, 0.5) is 0 Å². The summed E-state index contributed by atoms with van der Waals surface area (Å²) >= 11 is 0. The zero-order valence-corrected chi connectivity index (χ0v) is 15.2. The Labute approximate surface area is 153 Å². The Hall–Kier alpha value is -2.50. The number of rotatable bonds is 5. The van der Waals surface area contributed by atoms with Gasteiger partial charge in [-0.3, -0.25) is 4.79 Å². The van der Waals surface area contributed by atoms with Crippen LogP contribution in [0.2, 0.25) is 0 Å². The quantitative estimate of drug-likeness (QED) is 0.827. The van der Waals surface area contributed by atoms with Gasteiger partial charge < -0.3 is 18.9 Å². The summed E-state index contributed by atoms with van der Waals surface area (Å²) in [4.78, 5) is 19.3. The molecule has 0 saturated carbocycles. The van der Waals surface area contributed by atoms with Crippen molar-refractivity contribution in [2.45, 2.75) is 51.6 Å². The highest BCUT2D eigenvalue weighted by atomic mass is 16.7. The Morgan fingerprint density at radius 2 is 2.15 bits per heavy atom. The van der Waals surface area contributed by atoms with Crippen molar-refractivity contribution in [3.8, 4) is 11.5 Å². The molecule has 0 radical (unpaired) electrons. The topological polar surface area (TPSA) is 56.6 Å². The number of amides is 1. The van der Waals surface area contributed by atoms with Gasteiger partial charge in [0.1, 0.15) is 5.82 Å². The molecule has 2 aliphatic heterocycles. The van der Waals surface area contributed by atoms with Gasteiger partial charge >= 0.3 is 0 Å². The highest BCUT2D eigenvalue weighted by Gasteiger charge is 2.27. The summed E-state index contributed by atoms with van der Waals surface area (Å²) in [6.07, 6.45) is 8.60. The number of likely N-dealkylation sites (tertiary alicyclic amines) is 1. The molecular formula is C20H25N3O3.